The van der Waals surface area contributed by atoms with Gasteiger partial charge in [0, 0.05) is 13.1 Å². The number of nitrogen functional groups attached to an aromatic ring is 1. The Balaban J connectivity index is 3.12. The fraction of sp³-hybridized carbons (Fsp3) is 0.700. The zero-order chi connectivity index (χ0) is 13.9. The number of hydrogen-bond acceptors (Lipinski definition) is 4. The van der Waals surface area contributed by atoms with Crippen molar-refractivity contribution in [2.24, 2.45) is 0 Å². The summed E-state index contributed by atoms with van der Waals surface area (Å²) in [5, 5.41) is 12.9. The monoisotopic (exact) mass is 266 g/mol. The smallest absolute Gasteiger partial charge is 0.395 e. The van der Waals surface area contributed by atoms with Gasteiger partial charge in [-0.05, 0) is 13.8 Å². The number of aromatic nitrogens is 2. The van der Waals surface area contributed by atoms with E-state index in [-0.39, 0.29) is 24.7 Å². The number of halogens is 3. The van der Waals surface area contributed by atoms with E-state index in [9.17, 15) is 13.2 Å². The molecule has 0 aliphatic heterocycles. The summed E-state index contributed by atoms with van der Waals surface area (Å²) >= 11 is 0. The van der Waals surface area contributed by atoms with E-state index in [1.807, 2.05) is 0 Å². The Kier molecular flexibility index (Phi) is 4.44. The van der Waals surface area contributed by atoms with Gasteiger partial charge in [-0.3, -0.25) is 0 Å². The van der Waals surface area contributed by atoms with Crippen molar-refractivity contribution < 1.29 is 18.3 Å². The maximum atomic E-state index is 12.5. The molecule has 1 heterocycles. The lowest BCUT2D eigenvalue weighted by atomic mass is 10.3. The Hall–Kier alpha value is -1.44. The van der Waals surface area contributed by atoms with E-state index >= 15 is 0 Å². The molecule has 0 fully saturated rings. The number of rotatable bonds is 5. The minimum atomic E-state index is -4.36. The third-order valence-corrected chi connectivity index (χ3v) is 2.49. The fourth-order valence-corrected chi connectivity index (χ4v) is 1.73. The largest absolute Gasteiger partial charge is 0.405 e. The summed E-state index contributed by atoms with van der Waals surface area (Å²) in [5.74, 6) is 0.210. The van der Waals surface area contributed by atoms with E-state index < -0.39 is 12.7 Å². The van der Waals surface area contributed by atoms with Gasteiger partial charge in [0.2, 0.25) is 0 Å². The van der Waals surface area contributed by atoms with Crippen LogP contribution in [0, 0.1) is 6.92 Å². The van der Waals surface area contributed by atoms with E-state index in [1.165, 1.54) is 4.68 Å². The van der Waals surface area contributed by atoms with E-state index in [0.717, 1.165) is 4.90 Å². The van der Waals surface area contributed by atoms with Crippen LogP contribution in [0.5, 0.6) is 0 Å². The summed E-state index contributed by atoms with van der Waals surface area (Å²) in [6.45, 7) is 2.12. The van der Waals surface area contributed by atoms with Crippen molar-refractivity contribution in [3.63, 3.8) is 0 Å². The van der Waals surface area contributed by atoms with Gasteiger partial charge in [-0.2, -0.15) is 18.3 Å². The minimum absolute atomic E-state index is 0.144. The number of hydrogen-bond donors (Lipinski definition) is 2. The number of aliphatic hydroxyl groups is 1. The van der Waals surface area contributed by atoms with Crippen LogP contribution in [-0.4, -0.2) is 40.8 Å². The van der Waals surface area contributed by atoms with Gasteiger partial charge in [0.1, 0.15) is 6.54 Å². The highest BCUT2D eigenvalue weighted by atomic mass is 19.4. The minimum Gasteiger partial charge on any atom is -0.395 e. The SMILES string of the molecule is CCn1nc(C)c(N)c1N(CCO)CC(F)(F)F. The molecule has 0 atom stereocenters. The molecule has 0 saturated carbocycles. The Morgan fingerprint density at radius 1 is 1.44 bits per heavy atom. The molecule has 5 nitrogen and oxygen atoms in total. The first kappa shape index (κ1) is 14.6. The topological polar surface area (TPSA) is 67.3 Å². The second-order valence-electron chi connectivity index (χ2n) is 3.90. The van der Waals surface area contributed by atoms with Gasteiger partial charge >= 0.3 is 6.18 Å². The molecule has 0 aromatic carbocycles. The summed E-state index contributed by atoms with van der Waals surface area (Å²) in [5.41, 5.74) is 6.46. The van der Waals surface area contributed by atoms with Crippen molar-refractivity contribution in [1.29, 1.82) is 0 Å². The quantitative estimate of drug-likeness (QED) is 0.839. The molecule has 18 heavy (non-hydrogen) atoms. The van der Waals surface area contributed by atoms with Crippen molar-refractivity contribution in [3.05, 3.63) is 5.69 Å². The summed E-state index contributed by atoms with van der Waals surface area (Å²) in [6, 6.07) is 0. The van der Waals surface area contributed by atoms with E-state index in [0.29, 0.717) is 12.2 Å². The highest BCUT2D eigenvalue weighted by Crippen LogP contribution is 2.29. The van der Waals surface area contributed by atoms with Crippen LogP contribution in [0.4, 0.5) is 24.7 Å². The second-order valence-corrected chi connectivity index (χ2v) is 3.90. The molecule has 1 aromatic heterocycles. The summed E-state index contributed by atoms with van der Waals surface area (Å²) in [6.07, 6.45) is -4.36. The van der Waals surface area contributed by atoms with Gasteiger partial charge in [-0.1, -0.05) is 0 Å². The van der Waals surface area contributed by atoms with Gasteiger partial charge in [0.15, 0.2) is 5.82 Å². The summed E-state index contributed by atoms with van der Waals surface area (Å²) in [7, 11) is 0. The van der Waals surface area contributed by atoms with Crippen molar-refractivity contribution in [2.75, 3.05) is 30.3 Å². The molecular weight excluding hydrogens is 249 g/mol. The van der Waals surface area contributed by atoms with Gasteiger partial charge in [-0.15, -0.1) is 0 Å². The van der Waals surface area contributed by atoms with Crippen molar-refractivity contribution in [3.8, 4) is 0 Å². The predicted octanol–water partition coefficient (Wildman–Crippen LogP) is 1.15. The number of anilines is 2. The maximum absolute atomic E-state index is 12.5. The first-order chi connectivity index (χ1) is 8.30. The van der Waals surface area contributed by atoms with Crippen LogP contribution in [0.3, 0.4) is 0 Å². The maximum Gasteiger partial charge on any atom is 0.405 e. The van der Waals surface area contributed by atoms with Crippen LogP contribution < -0.4 is 10.6 Å². The van der Waals surface area contributed by atoms with Gasteiger partial charge in [0.25, 0.3) is 0 Å². The van der Waals surface area contributed by atoms with Crippen molar-refractivity contribution >= 4 is 11.5 Å². The van der Waals surface area contributed by atoms with Crippen LogP contribution in [0.25, 0.3) is 0 Å². The molecule has 0 spiro atoms. The number of aryl methyl sites for hydroxylation is 2. The second kappa shape index (κ2) is 5.47. The highest BCUT2D eigenvalue weighted by Gasteiger charge is 2.33. The Bertz CT molecular complexity index is 403. The Morgan fingerprint density at radius 2 is 2.06 bits per heavy atom. The number of nitrogens with two attached hydrogens (primary N) is 1. The standard InChI is InChI=1S/C10H17F3N4O/c1-3-17-9(8(14)7(2)15-17)16(4-5-18)6-10(11,12)13/h18H,3-6,14H2,1-2H3. The molecule has 0 radical (unpaired) electrons. The fourth-order valence-electron chi connectivity index (χ4n) is 1.73. The van der Waals surface area contributed by atoms with Crippen LogP contribution in [-0.2, 0) is 6.54 Å². The molecule has 1 rings (SSSR count). The Labute approximate surface area is 103 Å². The van der Waals surface area contributed by atoms with E-state index in [4.69, 9.17) is 10.8 Å². The van der Waals surface area contributed by atoms with Gasteiger partial charge in [0.05, 0.1) is 18.0 Å². The van der Waals surface area contributed by atoms with Crippen LogP contribution in [0.1, 0.15) is 12.6 Å². The molecular formula is C10H17F3N4O. The van der Waals surface area contributed by atoms with Crippen LogP contribution >= 0.6 is 0 Å². The molecule has 0 aliphatic carbocycles. The van der Waals surface area contributed by atoms with Gasteiger partial charge in [-0.25, -0.2) is 4.68 Å². The van der Waals surface area contributed by atoms with E-state index in [2.05, 4.69) is 5.10 Å². The predicted molar refractivity (Wildman–Crippen MR) is 62.4 cm³/mol. The molecule has 3 N–H and O–H groups in total. The van der Waals surface area contributed by atoms with E-state index in [1.54, 1.807) is 13.8 Å². The lowest BCUT2D eigenvalue weighted by Gasteiger charge is -2.25. The lowest BCUT2D eigenvalue weighted by Crippen LogP contribution is -2.38. The molecule has 0 unspecified atom stereocenters. The average molecular weight is 266 g/mol. The zero-order valence-corrected chi connectivity index (χ0v) is 10.3. The van der Waals surface area contributed by atoms with Gasteiger partial charge < -0.3 is 15.7 Å². The number of alkyl halides is 3. The van der Waals surface area contributed by atoms with Crippen LogP contribution in [0.15, 0.2) is 0 Å². The molecule has 0 aliphatic rings. The molecule has 0 saturated heterocycles. The number of aliphatic hydroxyl groups excluding tert-OH is 1. The Morgan fingerprint density at radius 3 is 2.50 bits per heavy atom. The van der Waals surface area contributed by atoms with Crippen molar-refractivity contribution in [2.45, 2.75) is 26.6 Å². The molecule has 0 bridgehead atoms. The first-order valence-electron chi connectivity index (χ1n) is 5.55. The molecule has 104 valence electrons. The normalized spacial score (nSPS) is 11.9. The summed E-state index contributed by atoms with van der Waals surface area (Å²) in [4.78, 5) is 0.999. The first-order valence-corrected chi connectivity index (χ1v) is 5.55. The third-order valence-electron chi connectivity index (χ3n) is 2.49. The number of nitrogens with zero attached hydrogens (tertiary/aromatic N) is 3. The lowest BCUT2D eigenvalue weighted by molar-refractivity contribution is -0.120. The zero-order valence-electron chi connectivity index (χ0n) is 10.3. The highest BCUT2D eigenvalue weighted by molar-refractivity contribution is 5.66. The molecule has 0 amide bonds. The third kappa shape index (κ3) is 3.28. The molecule has 8 heteroatoms. The summed E-state index contributed by atoms with van der Waals surface area (Å²) < 4.78 is 38.9. The molecule has 1 aromatic rings. The van der Waals surface area contributed by atoms with Crippen LogP contribution in [0.2, 0.25) is 0 Å². The average Bonchev–Trinajstić information content (AvgIpc) is 2.52. The van der Waals surface area contributed by atoms with Crippen molar-refractivity contribution in [1.82, 2.24) is 9.78 Å².